The van der Waals surface area contributed by atoms with Crippen molar-refractivity contribution in [3.8, 4) is 11.5 Å². The number of non-ortho nitro benzene ring substituents is 1. The van der Waals surface area contributed by atoms with Crippen LogP contribution in [0.5, 0.6) is 11.5 Å². The molecule has 2 aromatic carbocycles. The molecule has 0 aromatic heterocycles. The molecule has 1 aliphatic heterocycles. The quantitative estimate of drug-likeness (QED) is 0.480. The summed E-state index contributed by atoms with van der Waals surface area (Å²) in [4.78, 5) is 11.0. The van der Waals surface area contributed by atoms with Gasteiger partial charge in [0, 0.05) is 23.7 Å². The van der Waals surface area contributed by atoms with Gasteiger partial charge >= 0.3 is 0 Å². The maximum atomic E-state index is 11.3. The van der Waals surface area contributed by atoms with Crippen LogP contribution in [0.2, 0.25) is 0 Å². The van der Waals surface area contributed by atoms with Crippen molar-refractivity contribution in [3.05, 3.63) is 69.3 Å². The summed E-state index contributed by atoms with van der Waals surface area (Å²) in [6, 6.07) is 9.44. The third kappa shape index (κ3) is 2.81. The Kier molecular flexibility index (Phi) is 4.26. The predicted octanol–water partition coefficient (Wildman–Crippen LogP) is 4.75. The maximum absolute atomic E-state index is 11.3. The monoisotopic (exact) mass is 366 g/mol. The van der Waals surface area contributed by atoms with Gasteiger partial charge in [0.1, 0.15) is 0 Å². The van der Waals surface area contributed by atoms with Gasteiger partial charge in [-0.15, -0.1) is 0 Å². The van der Waals surface area contributed by atoms with E-state index in [1.165, 1.54) is 0 Å². The lowest BCUT2D eigenvalue weighted by Gasteiger charge is -2.38. The van der Waals surface area contributed by atoms with Crippen LogP contribution in [0.3, 0.4) is 0 Å². The van der Waals surface area contributed by atoms with E-state index in [1.54, 1.807) is 26.4 Å². The lowest BCUT2D eigenvalue weighted by molar-refractivity contribution is -0.385. The van der Waals surface area contributed by atoms with Gasteiger partial charge in [0.05, 0.1) is 25.2 Å². The Morgan fingerprint density at radius 2 is 1.93 bits per heavy atom. The molecule has 0 radical (unpaired) electrons. The third-order valence-electron chi connectivity index (χ3n) is 5.63. The maximum Gasteiger partial charge on any atom is 0.270 e. The summed E-state index contributed by atoms with van der Waals surface area (Å²) in [6.45, 7) is 1.92. The molecule has 0 fully saturated rings. The molecule has 2 aliphatic rings. The number of methoxy groups -OCH3 is 2. The SMILES string of the molecule is COc1ccc(C2Nc3c(C)cc([N+](=O)[O-])cc3C3C=CCC32)cc1OC. The second kappa shape index (κ2) is 6.61. The molecule has 0 bridgehead atoms. The Bertz CT molecular complexity index is 938. The Labute approximate surface area is 158 Å². The smallest absolute Gasteiger partial charge is 0.270 e. The summed E-state index contributed by atoms with van der Waals surface area (Å²) in [5.74, 6) is 1.87. The van der Waals surface area contributed by atoms with Crippen molar-refractivity contribution in [1.29, 1.82) is 0 Å². The molecule has 1 heterocycles. The summed E-state index contributed by atoms with van der Waals surface area (Å²) >= 11 is 0. The molecule has 0 saturated heterocycles. The number of aryl methyl sites for hydroxylation is 1. The fourth-order valence-corrected chi connectivity index (χ4v) is 4.35. The van der Waals surface area contributed by atoms with Crippen molar-refractivity contribution < 1.29 is 14.4 Å². The zero-order chi connectivity index (χ0) is 19.1. The van der Waals surface area contributed by atoms with Gasteiger partial charge in [-0.3, -0.25) is 10.1 Å². The Hall–Kier alpha value is -3.02. The first kappa shape index (κ1) is 17.4. The first-order chi connectivity index (χ1) is 13.0. The van der Waals surface area contributed by atoms with E-state index in [0.717, 1.165) is 28.8 Å². The second-order valence-electron chi connectivity index (χ2n) is 7.07. The van der Waals surface area contributed by atoms with Crippen molar-refractivity contribution in [2.45, 2.75) is 25.3 Å². The largest absolute Gasteiger partial charge is 0.493 e. The topological polar surface area (TPSA) is 73.6 Å². The van der Waals surface area contributed by atoms with E-state index < -0.39 is 0 Å². The van der Waals surface area contributed by atoms with Crippen LogP contribution in [0.4, 0.5) is 11.4 Å². The summed E-state index contributed by atoms with van der Waals surface area (Å²) in [7, 11) is 3.26. The first-order valence-corrected chi connectivity index (χ1v) is 8.97. The number of hydrogen-bond acceptors (Lipinski definition) is 5. The molecule has 27 heavy (non-hydrogen) atoms. The van der Waals surface area contributed by atoms with Gasteiger partial charge in [0.25, 0.3) is 5.69 Å². The zero-order valence-corrected chi connectivity index (χ0v) is 15.6. The average molecular weight is 366 g/mol. The van der Waals surface area contributed by atoms with E-state index in [9.17, 15) is 10.1 Å². The standard InChI is InChI=1S/C21H22N2O4/c1-12-9-14(23(24)25)11-17-15-5-4-6-16(15)21(22-20(12)17)13-7-8-18(26-2)19(10-13)27-3/h4-5,7-11,15-16,21-22H,6H2,1-3H3. The molecule has 3 unspecified atom stereocenters. The number of nitrogens with zero attached hydrogens (tertiary/aromatic N) is 1. The van der Waals surface area contributed by atoms with Crippen LogP contribution in [0.15, 0.2) is 42.5 Å². The fraction of sp³-hybridized carbons (Fsp3) is 0.333. The minimum Gasteiger partial charge on any atom is -0.493 e. The molecule has 0 amide bonds. The molecule has 0 saturated carbocycles. The molecule has 6 nitrogen and oxygen atoms in total. The number of rotatable bonds is 4. The highest BCUT2D eigenvalue weighted by atomic mass is 16.6. The summed E-state index contributed by atoms with van der Waals surface area (Å²) in [6.07, 6.45) is 5.28. The van der Waals surface area contributed by atoms with Gasteiger partial charge < -0.3 is 14.8 Å². The van der Waals surface area contributed by atoms with Crippen LogP contribution in [0, 0.1) is 23.0 Å². The van der Waals surface area contributed by atoms with E-state index in [-0.39, 0.29) is 22.6 Å². The highest BCUT2D eigenvalue weighted by Gasteiger charge is 2.39. The molecule has 0 spiro atoms. The minimum absolute atomic E-state index is 0.0949. The highest BCUT2D eigenvalue weighted by Crippen LogP contribution is 2.52. The van der Waals surface area contributed by atoms with Gasteiger partial charge in [0.15, 0.2) is 11.5 Å². The number of fused-ring (bicyclic) bond motifs is 3. The van der Waals surface area contributed by atoms with E-state index in [4.69, 9.17) is 9.47 Å². The van der Waals surface area contributed by atoms with Crippen LogP contribution in [0.25, 0.3) is 0 Å². The van der Waals surface area contributed by atoms with Gasteiger partial charge in [-0.1, -0.05) is 18.2 Å². The molecular weight excluding hydrogens is 344 g/mol. The molecular formula is C21H22N2O4. The Morgan fingerprint density at radius 1 is 1.15 bits per heavy atom. The van der Waals surface area contributed by atoms with Gasteiger partial charge in [0.2, 0.25) is 0 Å². The summed E-state index contributed by atoms with van der Waals surface area (Å²) in [5.41, 5.74) is 4.17. The Balaban J connectivity index is 1.79. The van der Waals surface area contributed by atoms with Crippen molar-refractivity contribution in [2.75, 3.05) is 19.5 Å². The second-order valence-corrected chi connectivity index (χ2v) is 7.07. The molecule has 1 N–H and O–H groups in total. The van der Waals surface area contributed by atoms with Crippen molar-refractivity contribution in [1.82, 2.24) is 0 Å². The van der Waals surface area contributed by atoms with Crippen molar-refractivity contribution >= 4 is 11.4 Å². The van der Waals surface area contributed by atoms with Gasteiger partial charge in [-0.25, -0.2) is 0 Å². The van der Waals surface area contributed by atoms with Crippen molar-refractivity contribution in [2.24, 2.45) is 5.92 Å². The number of ether oxygens (including phenoxy) is 2. The predicted molar refractivity (Wildman–Crippen MR) is 104 cm³/mol. The Morgan fingerprint density at radius 3 is 2.63 bits per heavy atom. The number of allylic oxidation sites excluding steroid dienone is 2. The molecule has 2 aromatic rings. The van der Waals surface area contributed by atoms with E-state index in [1.807, 2.05) is 19.1 Å². The molecule has 6 heteroatoms. The van der Waals surface area contributed by atoms with Crippen LogP contribution < -0.4 is 14.8 Å². The van der Waals surface area contributed by atoms with Gasteiger partial charge in [-0.05, 0) is 48.1 Å². The molecule has 1 aliphatic carbocycles. The van der Waals surface area contributed by atoms with E-state index in [0.29, 0.717) is 17.4 Å². The van der Waals surface area contributed by atoms with E-state index in [2.05, 4.69) is 23.5 Å². The number of anilines is 1. The fourth-order valence-electron chi connectivity index (χ4n) is 4.35. The van der Waals surface area contributed by atoms with Crippen LogP contribution in [-0.2, 0) is 0 Å². The van der Waals surface area contributed by atoms with Crippen LogP contribution in [0.1, 0.15) is 35.1 Å². The zero-order valence-electron chi connectivity index (χ0n) is 15.6. The minimum atomic E-state index is -0.318. The number of nitrogens with one attached hydrogen (secondary N) is 1. The van der Waals surface area contributed by atoms with E-state index >= 15 is 0 Å². The summed E-state index contributed by atoms with van der Waals surface area (Å²) in [5, 5.41) is 14.9. The molecule has 4 rings (SSSR count). The van der Waals surface area contributed by atoms with Crippen LogP contribution in [-0.4, -0.2) is 19.1 Å². The third-order valence-corrected chi connectivity index (χ3v) is 5.63. The first-order valence-electron chi connectivity index (χ1n) is 8.97. The normalized spacial score (nSPS) is 22.6. The highest BCUT2D eigenvalue weighted by molar-refractivity contribution is 5.67. The number of benzene rings is 2. The lowest BCUT2D eigenvalue weighted by Crippen LogP contribution is -2.29. The number of nitro benzene ring substituents is 1. The number of hydrogen-bond donors (Lipinski definition) is 1. The van der Waals surface area contributed by atoms with Crippen LogP contribution >= 0.6 is 0 Å². The molecule has 3 atom stereocenters. The average Bonchev–Trinajstić information content (AvgIpc) is 3.17. The number of nitro groups is 1. The molecule has 140 valence electrons. The van der Waals surface area contributed by atoms with Gasteiger partial charge in [-0.2, -0.15) is 0 Å². The summed E-state index contributed by atoms with van der Waals surface area (Å²) < 4.78 is 10.8. The lowest BCUT2D eigenvalue weighted by atomic mass is 9.76. The van der Waals surface area contributed by atoms with Crippen molar-refractivity contribution in [3.63, 3.8) is 0 Å².